The van der Waals surface area contributed by atoms with Crippen molar-refractivity contribution in [3.05, 3.63) is 65.7 Å². The van der Waals surface area contributed by atoms with Crippen molar-refractivity contribution >= 4 is 5.91 Å². The Morgan fingerprint density at radius 3 is 2.76 bits per heavy atom. The van der Waals surface area contributed by atoms with Gasteiger partial charge in [0, 0.05) is 24.1 Å². The third-order valence-corrected chi connectivity index (χ3v) is 4.30. The number of carbonyl (C=O) groups excluding carboxylic acids is 1. The molecule has 0 aliphatic heterocycles. The van der Waals surface area contributed by atoms with Gasteiger partial charge in [0.2, 0.25) is 0 Å². The van der Waals surface area contributed by atoms with Crippen molar-refractivity contribution in [2.24, 2.45) is 0 Å². The van der Waals surface area contributed by atoms with Crippen LogP contribution >= 0.6 is 0 Å². The Labute approximate surface area is 144 Å². The van der Waals surface area contributed by atoms with E-state index in [1.54, 1.807) is 12.3 Å². The molecule has 1 aromatic carbocycles. The maximum Gasteiger partial charge on any atom is 0.273 e. The van der Waals surface area contributed by atoms with Gasteiger partial charge in [-0.05, 0) is 30.5 Å². The molecule has 25 heavy (non-hydrogen) atoms. The summed E-state index contributed by atoms with van der Waals surface area (Å²) in [5.41, 5.74) is 1.90. The number of aliphatic hydroxyl groups is 1. The van der Waals surface area contributed by atoms with Crippen LogP contribution in [0.2, 0.25) is 0 Å². The van der Waals surface area contributed by atoms with Gasteiger partial charge in [-0.2, -0.15) is 0 Å². The van der Waals surface area contributed by atoms with Gasteiger partial charge in [0.25, 0.3) is 5.91 Å². The van der Waals surface area contributed by atoms with E-state index < -0.39 is 6.10 Å². The lowest BCUT2D eigenvalue weighted by Crippen LogP contribution is -2.28. The highest BCUT2D eigenvalue weighted by atomic mass is 16.5. The molecule has 6 heteroatoms. The zero-order chi connectivity index (χ0) is 17.2. The maximum atomic E-state index is 12.1. The highest BCUT2D eigenvalue weighted by molar-refractivity contribution is 5.92. The van der Waals surface area contributed by atoms with E-state index in [1.165, 1.54) is 0 Å². The summed E-state index contributed by atoms with van der Waals surface area (Å²) in [4.78, 5) is 12.1. The van der Waals surface area contributed by atoms with Gasteiger partial charge < -0.3 is 19.4 Å². The molecule has 4 rings (SSSR count). The van der Waals surface area contributed by atoms with Crippen LogP contribution < -0.4 is 5.32 Å². The van der Waals surface area contributed by atoms with Gasteiger partial charge in [0.15, 0.2) is 5.69 Å². The summed E-state index contributed by atoms with van der Waals surface area (Å²) in [6.45, 7) is 0.102. The number of aliphatic hydroxyl groups excluding tert-OH is 1. The average molecular weight is 338 g/mol. The number of carbonyl (C=O) groups is 1. The van der Waals surface area contributed by atoms with Crippen LogP contribution in [0.3, 0.4) is 0 Å². The van der Waals surface area contributed by atoms with E-state index >= 15 is 0 Å². The van der Waals surface area contributed by atoms with Crippen LogP contribution in [0.5, 0.6) is 0 Å². The minimum Gasteiger partial charge on any atom is -0.464 e. The molecular weight excluding hydrogens is 320 g/mol. The first kappa shape index (κ1) is 15.7. The number of hydrogen-bond donors (Lipinski definition) is 2. The highest BCUT2D eigenvalue weighted by Crippen LogP contribution is 2.40. The molecule has 1 unspecified atom stereocenters. The Balaban J connectivity index is 1.34. The molecule has 0 saturated heterocycles. The van der Waals surface area contributed by atoms with Crippen LogP contribution in [0.25, 0.3) is 11.3 Å². The molecule has 0 bridgehead atoms. The van der Waals surface area contributed by atoms with E-state index in [9.17, 15) is 9.90 Å². The summed E-state index contributed by atoms with van der Waals surface area (Å²) in [6, 6.07) is 12.8. The summed E-state index contributed by atoms with van der Waals surface area (Å²) >= 11 is 0. The molecule has 128 valence electrons. The van der Waals surface area contributed by atoms with Gasteiger partial charge in [-0.15, -0.1) is 0 Å². The van der Waals surface area contributed by atoms with Gasteiger partial charge in [-0.25, -0.2) is 0 Å². The second-order valence-corrected chi connectivity index (χ2v) is 6.21. The van der Waals surface area contributed by atoms with Crippen molar-refractivity contribution in [3.8, 4) is 11.3 Å². The third kappa shape index (κ3) is 3.49. The summed E-state index contributed by atoms with van der Waals surface area (Å²) in [5.74, 6) is 1.60. The minimum atomic E-state index is -0.801. The van der Waals surface area contributed by atoms with Crippen molar-refractivity contribution < 1.29 is 18.8 Å². The third-order valence-electron chi connectivity index (χ3n) is 4.30. The average Bonchev–Trinajstić information content (AvgIpc) is 3.14. The molecule has 2 aromatic heterocycles. The maximum absolute atomic E-state index is 12.1. The smallest absolute Gasteiger partial charge is 0.273 e. The number of hydrogen-bond acceptors (Lipinski definition) is 5. The molecule has 1 fully saturated rings. The Bertz CT molecular complexity index is 848. The van der Waals surface area contributed by atoms with Crippen molar-refractivity contribution in [2.45, 2.75) is 24.9 Å². The van der Waals surface area contributed by atoms with E-state index in [0.717, 1.165) is 35.5 Å². The summed E-state index contributed by atoms with van der Waals surface area (Å²) < 4.78 is 10.5. The highest BCUT2D eigenvalue weighted by Gasteiger charge is 2.28. The van der Waals surface area contributed by atoms with Gasteiger partial charge in [0.1, 0.15) is 11.5 Å². The SMILES string of the molecule is O=C(NCC(O)c1ccc(-c2ccco2)cc1)c1cc(C2CC2)on1. The summed E-state index contributed by atoms with van der Waals surface area (Å²) in [6.07, 6.45) is 2.99. The van der Waals surface area contributed by atoms with Crippen LogP contribution in [0.15, 0.2) is 57.7 Å². The molecule has 1 saturated carbocycles. The van der Waals surface area contributed by atoms with Crippen LogP contribution in [-0.2, 0) is 0 Å². The van der Waals surface area contributed by atoms with Crippen molar-refractivity contribution in [3.63, 3.8) is 0 Å². The largest absolute Gasteiger partial charge is 0.464 e. The second-order valence-electron chi connectivity index (χ2n) is 6.21. The molecule has 1 aliphatic carbocycles. The number of aromatic nitrogens is 1. The lowest BCUT2D eigenvalue weighted by Gasteiger charge is -2.12. The lowest BCUT2D eigenvalue weighted by atomic mass is 10.1. The van der Waals surface area contributed by atoms with Crippen LogP contribution in [0.4, 0.5) is 0 Å². The second kappa shape index (κ2) is 6.57. The van der Waals surface area contributed by atoms with Crippen LogP contribution in [-0.4, -0.2) is 22.7 Å². The fraction of sp³-hybridized carbons (Fsp3) is 0.263. The Hall–Kier alpha value is -2.86. The Morgan fingerprint density at radius 1 is 1.28 bits per heavy atom. The quantitative estimate of drug-likeness (QED) is 0.720. The normalized spacial score (nSPS) is 15.1. The fourth-order valence-electron chi connectivity index (χ4n) is 2.67. The van der Waals surface area contributed by atoms with Crippen molar-refractivity contribution in [1.29, 1.82) is 0 Å². The molecule has 1 aliphatic rings. The van der Waals surface area contributed by atoms with Crippen molar-refractivity contribution in [1.82, 2.24) is 10.5 Å². The topological polar surface area (TPSA) is 88.5 Å². The minimum absolute atomic E-state index is 0.102. The number of rotatable bonds is 6. The fourth-order valence-corrected chi connectivity index (χ4v) is 2.67. The number of furan rings is 1. The standard InChI is InChI=1S/C19H18N2O4/c22-16(12-3-5-13(6-4-12)17-2-1-9-24-17)11-20-19(23)15-10-18(25-21-15)14-7-8-14/h1-6,9-10,14,16,22H,7-8,11H2,(H,20,23). The molecule has 6 nitrogen and oxygen atoms in total. The predicted octanol–water partition coefficient (Wildman–Crippen LogP) is 3.28. The zero-order valence-electron chi connectivity index (χ0n) is 13.5. The first-order valence-corrected chi connectivity index (χ1v) is 8.27. The molecule has 1 atom stereocenters. The number of nitrogens with zero attached hydrogens (tertiary/aromatic N) is 1. The number of nitrogens with one attached hydrogen (secondary N) is 1. The predicted molar refractivity (Wildman–Crippen MR) is 89.9 cm³/mol. The molecule has 2 heterocycles. The first-order valence-electron chi connectivity index (χ1n) is 8.27. The van der Waals surface area contributed by atoms with Gasteiger partial charge in [0.05, 0.1) is 12.4 Å². The van der Waals surface area contributed by atoms with E-state index in [2.05, 4.69) is 10.5 Å². The van der Waals surface area contributed by atoms with Crippen LogP contribution in [0.1, 0.15) is 46.7 Å². The van der Waals surface area contributed by atoms with E-state index in [1.807, 2.05) is 36.4 Å². The van der Waals surface area contributed by atoms with Crippen molar-refractivity contribution in [2.75, 3.05) is 6.54 Å². The number of benzene rings is 1. The van der Waals surface area contributed by atoms with Crippen LogP contribution in [0, 0.1) is 0 Å². The van der Waals surface area contributed by atoms with E-state index in [0.29, 0.717) is 5.92 Å². The number of amides is 1. The molecule has 0 spiro atoms. The molecular formula is C19H18N2O4. The summed E-state index contributed by atoms with van der Waals surface area (Å²) in [5, 5.41) is 16.7. The lowest BCUT2D eigenvalue weighted by molar-refractivity contribution is 0.0907. The first-order chi connectivity index (χ1) is 12.2. The Kier molecular flexibility index (Phi) is 4.11. The van der Waals surface area contributed by atoms with E-state index in [4.69, 9.17) is 8.94 Å². The molecule has 2 N–H and O–H groups in total. The molecule has 0 radical (unpaired) electrons. The van der Waals surface area contributed by atoms with E-state index in [-0.39, 0.29) is 18.1 Å². The molecule has 3 aromatic rings. The molecule has 1 amide bonds. The summed E-state index contributed by atoms with van der Waals surface area (Å²) in [7, 11) is 0. The zero-order valence-corrected chi connectivity index (χ0v) is 13.5. The van der Waals surface area contributed by atoms with Gasteiger partial charge >= 0.3 is 0 Å². The van der Waals surface area contributed by atoms with Gasteiger partial charge in [-0.1, -0.05) is 29.4 Å². The monoisotopic (exact) mass is 338 g/mol. The Morgan fingerprint density at radius 2 is 2.08 bits per heavy atom. The van der Waals surface area contributed by atoms with Gasteiger partial charge in [-0.3, -0.25) is 4.79 Å².